The SMILES string of the molecule is CCCc1noc([C@@H](C)N2CCN(CC(=O)NCCOC)CC2)n1. The van der Waals surface area contributed by atoms with Gasteiger partial charge in [0.1, 0.15) is 0 Å². The zero-order valence-corrected chi connectivity index (χ0v) is 15.0. The van der Waals surface area contributed by atoms with E-state index in [4.69, 9.17) is 9.26 Å². The summed E-state index contributed by atoms with van der Waals surface area (Å²) in [6.07, 6.45) is 1.86. The predicted octanol–water partition coefficient (Wildman–Crippen LogP) is 0.463. The fraction of sp³-hybridized carbons (Fsp3) is 0.812. The molecule has 1 amide bonds. The summed E-state index contributed by atoms with van der Waals surface area (Å²) in [4.78, 5) is 20.8. The van der Waals surface area contributed by atoms with Crippen LogP contribution < -0.4 is 5.32 Å². The first-order valence-corrected chi connectivity index (χ1v) is 8.68. The molecule has 1 aliphatic rings. The van der Waals surface area contributed by atoms with Crippen molar-refractivity contribution in [3.63, 3.8) is 0 Å². The third-order valence-electron chi connectivity index (χ3n) is 4.26. The molecule has 0 spiro atoms. The molecule has 0 aromatic carbocycles. The van der Waals surface area contributed by atoms with E-state index in [1.807, 2.05) is 0 Å². The first-order valence-electron chi connectivity index (χ1n) is 8.68. The number of aryl methyl sites for hydroxylation is 1. The molecule has 1 atom stereocenters. The van der Waals surface area contributed by atoms with Gasteiger partial charge in [0.25, 0.3) is 0 Å². The molecule has 8 heteroatoms. The van der Waals surface area contributed by atoms with E-state index in [-0.39, 0.29) is 11.9 Å². The highest BCUT2D eigenvalue weighted by Crippen LogP contribution is 2.20. The number of nitrogens with one attached hydrogen (secondary N) is 1. The van der Waals surface area contributed by atoms with Crippen LogP contribution in [0.2, 0.25) is 0 Å². The smallest absolute Gasteiger partial charge is 0.243 e. The number of amides is 1. The molecule has 136 valence electrons. The van der Waals surface area contributed by atoms with E-state index in [9.17, 15) is 4.79 Å². The zero-order valence-electron chi connectivity index (χ0n) is 15.0. The Labute approximate surface area is 143 Å². The second-order valence-corrected chi connectivity index (χ2v) is 6.13. The van der Waals surface area contributed by atoms with E-state index in [0.29, 0.717) is 25.6 Å². The van der Waals surface area contributed by atoms with Crippen LogP contribution in [0, 0.1) is 0 Å². The Hall–Kier alpha value is -1.51. The monoisotopic (exact) mass is 339 g/mol. The van der Waals surface area contributed by atoms with Crippen LogP contribution in [-0.2, 0) is 16.0 Å². The minimum absolute atomic E-state index is 0.0506. The Morgan fingerprint density at radius 2 is 2.12 bits per heavy atom. The number of piperazine rings is 1. The van der Waals surface area contributed by atoms with Gasteiger partial charge in [-0.1, -0.05) is 12.1 Å². The van der Waals surface area contributed by atoms with Gasteiger partial charge in [-0.15, -0.1) is 0 Å². The molecule has 1 fully saturated rings. The van der Waals surface area contributed by atoms with Gasteiger partial charge in [-0.3, -0.25) is 14.6 Å². The summed E-state index contributed by atoms with van der Waals surface area (Å²) in [5.74, 6) is 1.52. The largest absolute Gasteiger partial charge is 0.383 e. The van der Waals surface area contributed by atoms with Crippen molar-refractivity contribution in [1.29, 1.82) is 0 Å². The summed E-state index contributed by atoms with van der Waals surface area (Å²) in [5.41, 5.74) is 0. The number of carbonyl (C=O) groups is 1. The van der Waals surface area contributed by atoms with Crippen LogP contribution >= 0.6 is 0 Å². The molecule has 1 saturated heterocycles. The average Bonchev–Trinajstić information content (AvgIpc) is 3.04. The molecule has 2 heterocycles. The van der Waals surface area contributed by atoms with Gasteiger partial charge in [0.15, 0.2) is 5.82 Å². The summed E-state index contributed by atoms with van der Waals surface area (Å²) in [7, 11) is 1.63. The van der Waals surface area contributed by atoms with Gasteiger partial charge in [0.2, 0.25) is 11.8 Å². The van der Waals surface area contributed by atoms with Crippen LogP contribution in [0.3, 0.4) is 0 Å². The number of hydrogen-bond acceptors (Lipinski definition) is 7. The Morgan fingerprint density at radius 3 is 2.79 bits per heavy atom. The molecule has 0 unspecified atom stereocenters. The van der Waals surface area contributed by atoms with Crippen molar-refractivity contribution in [3.05, 3.63) is 11.7 Å². The van der Waals surface area contributed by atoms with Crippen LogP contribution in [0.1, 0.15) is 38.0 Å². The highest BCUT2D eigenvalue weighted by atomic mass is 16.5. The summed E-state index contributed by atoms with van der Waals surface area (Å²) < 4.78 is 10.3. The normalized spacial score (nSPS) is 17.8. The molecule has 1 N–H and O–H groups in total. The van der Waals surface area contributed by atoms with Crippen LogP contribution in [0.5, 0.6) is 0 Å². The number of methoxy groups -OCH3 is 1. The Balaban J connectivity index is 1.74. The molecule has 0 bridgehead atoms. The molecule has 0 saturated carbocycles. The van der Waals surface area contributed by atoms with Crippen molar-refractivity contribution in [2.24, 2.45) is 0 Å². The van der Waals surface area contributed by atoms with Crippen molar-refractivity contribution in [1.82, 2.24) is 25.3 Å². The van der Waals surface area contributed by atoms with Gasteiger partial charge in [0.05, 0.1) is 19.2 Å². The zero-order chi connectivity index (χ0) is 17.4. The van der Waals surface area contributed by atoms with Gasteiger partial charge in [-0.25, -0.2) is 0 Å². The summed E-state index contributed by atoms with van der Waals surface area (Å²) in [5, 5.41) is 6.88. The van der Waals surface area contributed by atoms with E-state index >= 15 is 0 Å². The second kappa shape index (κ2) is 9.71. The molecule has 1 aromatic heterocycles. The molecule has 24 heavy (non-hydrogen) atoms. The standard InChI is InChI=1S/C16H29N5O3/c1-4-5-14-18-16(24-19-14)13(2)21-9-7-20(8-10-21)12-15(22)17-6-11-23-3/h13H,4-12H2,1-3H3,(H,17,22)/t13-/m1/s1. The third kappa shape index (κ3) is 5.54. The summed E-state index contributed by atoms with van der Waals surface area (Å²) in [6.45, 7) is 9.23. The molecular weight excluding hydrogens is 310 g/mol. The van der Waals surface area contributed by atoms with Crippen molar-refractivity contribution in [2.75, 3.05) is 53.0 Å². The number of hydrogen-bond donors (Lipinski definition) is 1. The van der Waals surface area contributed by atoms with E-state index in [2.05, 4.69) is 39.1 Å². The Bertz CT molecular complexity index is 500. The summed E-state index contributed by atoms with van der Waals surface area (Å²) in [6, 6.07) is 0.112. The topological polar surface area (TPSA) is 83.7 Å². The highest BCUT2D eigenvalue weighted by Gasteiger charge is 2.26. The van der Waals surface area contributed by atoms with Crippen molar-refractivity contribution >= 4 is 5.91 Å². The van der Waals surface area contributed by atoms with Crippen molar-refractivity contribution in [2.45, 2.75) is 32.7 Å². The predicted molar refractivity (Wildman–Crippen MR) is 89.6 cm³/mol. The number of rotatable bonds is 9. The molecular formula is C16H29N5O3. The maximum Gasteiger partial charge on any atom is 0.243 e. The first-order chi connectivity index (χ1) is 11.6. The minimum atomic E-state index is 0.0506. The molecule has 2 rings (SSSR count). The number of aromatic nitrogens is 2. The van der Waals surface area contributed by atoms with Gasteiger partial charge in [-0.05, 0) is 13.3 Å². The molecule has 1 aromatic rings. The molecule has 0 radical (unpaired) electrons. The highest BCUT2D eigenvalue weighted by molar-refractivity contribution is 5.77. The lowest BCUT2D eigenvalue weighted by atomic mass is 10.2. The van der Waals surface area contributed by atoms with Crippen LogP contribution in [0.4, 0.5) is 0 Å². The van der Waals surface area contributed by atoms with Gasteiger partial charge in [-0.2, -0.15) is 4.98 Å². The summed E-state index contributed by atoms with van der Waals surface area (Å²) >= 11 is 0. The van der Waals surface area contributed by atoms with Crippen LogP contribution in [0.15, 0.2) is 4.52 Å². The maximum absolute atomic E-state index is 11.8. The van der Waals surface area contributed by atoms with E-state index in [0.717, 1.165) is 44.8 Å². The fourth-order valence-corrected chi connectivity index (χ4v) is 2.78. The lowest BCUT2D eigenvalue weighted by molar-refractivity contribution is -0.122. The molecule has 8 nitrogen and oxygen atoms in total. The lowest BCUT2D eigenvalue weighted by Crippen LogP contribution is -2.50. The first kappa shape index (κ1) is 18.8. The van der Waals surface area contributed by atoms with E-state index in [1.54, 1.807) is 7.11 Å². The third-order valence-corrected chi connectivity index (χ3v) is 4.26. The lowest BCUT2D eigenvalue weighted by Gasteiger charge is -2.36. The maximum atomic E-state index is 11.8. The van der Waals surface area contributed by atoms with Crippen molar-refractivity contribution in [3.8, 4) is 0 Å². The molecule has 0 aliphatic carbocycles. The van der Waals surface area contributed by atoms with Gasteiger partial charge in [0, 0.05) is 46.3 Å². The van der Waals surface area contributed by atoms with E-state index < -0.39 is 0 Å². The number of nitrogens with zero attached hydrogens (tertiary/aromatic N) is 4. The second-order valence-electron chi connectivity index (χ2n) is 6.13. The molecule has 1 aliphatic heterocycles. The number of ether oxygens (including phenoxy) is 1. The Morgan fingerprint density at radius 1 is 1.38 bits per heavy atom. The minimum Gasteiger partial charge on any atom is -0.383 e. The average molecular weight is 339 g/mol. The van der Waals surface area contributed by atoms with Crippen LogP contribution in [0.25, 0.3) is 0 Å². The van der Waals surface area contributed by atoms with Gasteiger partial charge >= 0.3 is 0 Å². The van der Waals surface area contributed by atoms with Gasteiger partial charge < -0.3 is 14.6 Å². The van der Waals surface area contributed by atoms with Crippen LogP contribution in [-0.4, -0.2) is 78.8 Å². The van der Waals surface area contributed by atoms with Crippen molar-refractivity contribution < 1.29 is 14.1 Å². The number of carbonyl (C=O) groups excluding carboxylic acids is 1. The quantitative estimate of drug-likeness (QED) is 0.655. The Kier molecular flexibility index (Phi) is 7.61. The fourth-order valence-electron chi connectivity index (χ4n) is 2.78. The van der Waals surface area contributed by atoms with E-state index in [1.165, 1.54) is 0 Å².